The van der Waals surface area contributed by atoms with E-state index in [1.807, 2.05) is 0 Å². The molecule has 98 valence electrons. The standard InChI is InChI=1S/C13H8F3NO2/c14-13(15,16)10-5-6-17-12(7-10)19-11-3-1-9(8-18)2-4-11/h1-8H. The highest BCUT2D eigenvalue weighted by atomic mass is 19.4. The SMILES string of the molecule is O=Cc1ccc(Oc2cc(C(F)(F)F)ccn2)cc1. The predicted octanol–water partition coefficient (Wildman–Crippen LogP) is 3.71. The van der Waals surface area contributed by atoms with Gasteiger partial charge in [-0.15, -0.1) is 0 Å². The maximum absolute atomic E-state index is 12.5. The van der Waals surface area contributed by atoms with Crippen molar-refractivity contribution >= 4 is 6.29 Å². The molecule has 0 bridgehead atoms. The molecule has 19 heavy (non-hydrogen) atoms. The Hall–Kier alpha value is -2.37. The minimum Gasteiger partial charge on any atom is -0.439 e. The van der Waals surface area contributed by atoms with Crippen LogP contribution in [0, 0.1) is 0 Å². The van der Waals surface area contributed by atoms with E-state index in [0.29, 0.717) is 17.6 Å². The Morgan fingerprint density at radius 3 is 2.37 bits per heavy atom. The van der Waals surface area contributed by atoms with E-state index in [0.717, 1.165) is 18.3 Å². The fourth-order valence-electron chi connectivity index (χ4n) is 1.38. The first-order chi connectivity index (χ1) is 8.99. The largest absolute Gasteiger partial charge is 0.439 e. The molecule has 0 saturated heterocycles. The van der Waals surface area contributed by atoms with Crippen molar-refractivity contribution in [2.24, 2.45) is 0 Å². The molecule has 1 heterocycles. The Labute approximate surface area is 106 Å². The lowest BCUT2D eigenvalue weighted by molar-refractivity contribution is -0.137. The second-order valence-corrected chi connectivity index (χ2v) is 3.67. The molecule has 0 spiro atoms. The minimum atomic E-state index is -4.44. The number of pyridine rings is 1. The van der Waals surface area contributed by atoms with Gasteiger partial charge in [-0.3, -0.25) is 4.79 Å². The Balaban J connectivity index is 2.20. The van der Waals surface area contributed by atoms with Gasteiger partial charge in [0.15, 0.2) is 0 Å². The van der Waals surface area contributed by atoms with Gasteiger partial charge in [-0.25, -0.2) is 4.98 Å². The average molecular weight is 267 g/mol. The van der Waals surface area contributed by atoms with Crippen molar-refractivity contribution in [3.05, 3.63) is 53.7 Å². The number of alkyl halides is 3. The summed E-state index contributed by atoms with van der Waals surface area (Å²) >= 11 is 0. The van der Waals surface area contributed by atoms with Crippen LogP contribution < -0.4 is 4.74 Å². The minimum absolute atomic E-state index is 0.159. The second kappa shape index (κ2) is 5.09. The first kappa shape index (κ1) is 13.1. The molecule has 0 unspecified atom stereocenters. The average Bonchev–Trinajstić information content (AvgIpc) is 2.39. The number of carbonyl (C=O) groups excluding carboxylic acids is 1. The number of carbonyl (C=O) groups is 1. The maximum Gasteiger partial charge on any atom is 0.416 e. The summed E-state index contributed by atoms with van der Waals surface area (Å²) in [6.45, 7) is 0. The van der Waals surface area contributed by atoms with Gasteiger partial charge in [0.2, 0.25) is 5.88 Å². The van der Waals surface area contributed by atoms with E-state index in [-0.39, 0.29) is 5.88 Å². The zero-order chi connectivity index (χ0) is 13.9. The zero-order valence-corrected chi connectivity index (χ0v) is 9.52. The Morgan fingerprint density at radius 1 is 1.11 bits per heavy atom. The Bertz CT molecular complexity index is 579. The molecule has 3 nitrogen and oxygen atoms in total. The first-order valence-electron chi connectivity index (χ1n) is 5.25. The smallest absolute Gasteiger partial charge is 0.416 e. The molecule has 0 amide bonds. The molecule has 2 aromatic rings. The van der Waals surface area contributed by atoms with Crippen molar-refractivity contribution in [1.29, 1.82) is 0 Å². The molecule has 1 aromatic carbocycles. The fourth-order valence-corrected chi connectivity index (χ4v) is 1.38. The Morgan fingerprint density at radius 2 is 1.79 bits per heavy atom. The summed E-state index contributed by atoms with van der Waals surface area (Å²) in [6, 6.07) is 7.62. The molecule has 0 saturated carbocycles. The van der Waals surface area contributed by atoms with E-state index in [1.54, 1.807) is 0 Å². The van der Waals surface area contributed by atoms with Crippen LogP contribution in [0.15, 0.2) is 42.6 Å². The molecule has 0 radical (unpaired) electrons. The molecule has 0 atom stereocenters. The maximum atomic E-state index is 12.5. The lowest BCUT2D eigenvalue weighted by Gasteiger charge is -2.09. The summed E-state index contributed by atoms with van der Waals surface area (Å²) < 4.78 is 42.6. The van der Waals surface area contributed by atoms with Crippen LogP contribution in [-0.2, 0) is 6.18 Å². The third-order valence-corrected chi connectivity index (χ3v) is 2.30. The summed E-state index contributed by atoms with van der Waals surface area (Å²) in [6.07, 6.45) is -2.76. The van der Waals surface area contributed by atoms with E-state index in [9.17, 15) is 18.0 Å². The lowest BCUT2D eigenvalue weighted by Crippen LogP contribution is -2.05. The number of ether oxygens (including phenoxy) is 1. The highest BCUT2D eigenvalue weighted by molar-refractivity contribution is 5.74. The van der Waals surface area contributed by atoms with Gasteiger partial charge >= 0.3 is 6.18 Å². The summed E-state index contributed by atoms with van der Waals surface area (Å²) in [5, 5.41) is 0. The number of halogens is 3. The lowest BCUT2D eigenvalue weighted by atomic mass is 10.2. The van der Waals surface area contributed by atoms with Gasteiger partial charge in [0, 0.05) is 17.8 Å². The normalized spacial score (nSPS) is 11.1. The number of aldehydes is 1. The number of hydrogen-bond acceptors (Lipinski definition) is 3. The topological polar surface area (TPSA) is 39.2 Å². The zero-order valence-electron chi connectivity index (χ0n) is 9.52. The van der Waals surface area contributed by atoms with Crippen molar-refractivity contribution in [3.63, 3.8) is 0 Å². The van der Waals surface area contributed by atoms with E-state index < -0.39 is 11.7 Å². The van der Waals surface area contributed by atoms with Crippen LogP contribution in [0.5, 0.6) is 11.6 Å². The van der Waals surface area contributed by atoms with E-state index in [4.69, 9.17) is 4.74 Å². The van der Waals surface area contributed by atoms with Gasteiger partial charge in [0.05, 0.1) is 5.56 Å². The quantitative estimate of drug-likeness (QED) is 0.796. The second-order valence-electron chi connectivity index (χ2n) is 3.67. The first-order valence-corrected chi connectivity index (χ1v) is 5.25. The van der Waals surface area contributed by atoms with E-state index in [2.05, 4.69) is 4.98 Å². The molecule has 6 heteroatoms. The van der Waals surface area contributed by atoms with Crippen molar-refractivity contribution in [2.45, 2.75) is 6.18 Å². The molecule has 0 N–H and O–H groups in total. The van der Waals surface area contributed by atoms with Gasteiger partial charge in [-0.1, -0.05) is 0 Å². The van der Waals surface area contributed by atoms with Crippen LogP contribution in [0.1, 0.15) is 15.9 Å². The summed E-state index contributed by atoms with van der Waals surface area (Å²) in [5.74, 6) is 0.145. The third-order valence-electron chi connectivity index (χ3n) is 2.30. The van der Waals surface area contributed by atoms with E-state index >= 15 is 0 Å². The molecular weight excluding hydrogens is 259 g/mol. The summed E-state index contributed by atoms with van der Waals surface area (Å²) in [5.41, 5.74) is -0.383. The number of rotatable bonds is 3. The number of nitrogens with zero attached hydrogens (tertiary/aromatic N) is 1. The van der Waals surface area contributed by atoms with Gasteiger partial charge in [0.1, 0.15) is 12.0 Å². The van der Waals surface area contributed by atoms with Gasteiger partial charge in [-0.05, 0) is 30.3 Å². The summed E-state index contributed by atoms with van der Waals surface area (Å²) in [7, 11) is 0. The molecule has 0 aliphatic carbocycles. The van der Waals surface area contributed by atoms with Crippen molar-refractivity contribution in [1.82, 2.24) is 4.98 Å². The fraction of sp³-hybridized carbons (Fsp3) is 0.0769. The number of aromatic nitrogens is 1. The van der Waals surface area contributed by atoms with Crippen molar-refractivity contribution in [2.75, 3.05) is 0 Å². The van der Waals surface area contributed by atoms with Gasteiger partial charge < -0.3 is 4.74 Å². The van der Waals surface area contributed by atoms with Crippen LogP contribution in [0.4, 0.5) is 13.2 Å². The third kappa shape index (κ3) is 3.31. The Kier molecular flexibility index (Phi) is 3.50. The highest BCUT2D eigenvalue weighted by Gasteiger charge is 2.30. The molecular formula is C13H8F3NO2. The van der Waals surface area contributed by atoms with E-state index in [1.165, 1.54) is 24.3 Å². The summed E-state index contributed by atoms with van der Waals surface area (Å²) in [4.78, 5) is 14.2. The van der Waals surface area contributed by atoms with Crippen LogP contribution in [0.3, 0.4) is 0 Å². The highest BCUT2D eigenvalue weighted by Crippen LogP contribution is 2.31. The molecule has 0 aliphatic heterocycles. The van der Waals surface area contributed by atoms with Crippen molar-refractivity contribution < 1.29 is 22.7 Å². The van der Waals surface area contributed by atoms with Gasteiger partial charge in [0.25, 0.3) is 0 Å². The van der Waals surface area contributed by atoms with Crippen LogP contribution >= 0.6 is 0 Å². The van der Waals surface area contributed by atoms with Gasteiger partial charge in [-0.2, -0.15) is 13.2 Å². The number of hydrogen-bond donors (Lipinski definition) is 0. The molecule has 1 aromatic heterocycles. The van der Waals surface area contributed by atoms with Crippen LogP contribution in [0.2, 0.25) is 0 Å². The predicted molar refractivity (Wildman–Crippen MR) is 61.1 cm³/mol. The van der Waals surface area contributed by atoms with Crippen LogP contribution in [-0.4, -0.2) is 11.3 Å². The molecule has 2 rings (SSSR count). The molecule has 0 fully saturated rings. The van der Waals surface area contributed by atoms with Crippen molar-refractivity contribution in [3.8, 4) is 11.6 Å². The monoisotopic (exact) mass is 267 g/mol. The molecule has 0 aliphatic rings. The number of benzene rings is 1. The van der Waals surface area contributed by atoms with Crippen LogP contribution in [0.25, 0.3) is 0 Å².